The molecule has 21 heavy (non-hydrogen) atoms. The van der Waals surface area contributed by atoms with Gasteiger partial charge in [-0.05, 0) is 39.8 Å². The molecule has 1 aromatic rings. The molecule has 2 N–H and O–H groups in total. The molecule has 4 heteroatoms. The third-order valence-electron chi connectivity index (χ3n) is 5.15. The van der Waals surface area contributed by atoms with Crippen LogP contribution in [0.25, 0.3) is 0 Å². The number of likely N-dealkylation sites (N-methyl/N-ethyl adjacent to an activating group) is 1. The molecule has 0 aromatic heterocycles. The van der Waals surface area contributed by atoms with Crippen molar-refractivity contribution in [3.05, 3.63) is 18.2 Å². The van der Waals surface area contributed by atoms with Crippen LogP contribution in [0.1, 0.15) is 27.7 Å². The Bertz CT molecular complexity index is 477. The van der Waals surface area contributed by atoms with Gasteiger partial charge in [-0.2, -0.15) is 0 Å². The van der Waals surface area contributed by atoms with Crippen molar-refractivity contribution >= 4 is 11.4 Å². The summed E-state index contributed by atoms with van der Waals surface area (Å²) in [6, 6.07) is 7.22. The van der Waals surface area contributed by atoms with Crippen molar-refractivity contribution in [2.75, 3.05) is 43.9 Å². The van der Waals surface area contributed by atoms with Crippen molar-refractivity contribution < 1.29 is 9.22 Å². The Labute approximate surface area is 129 Å². The molecular formula is C17H30N3O+. The summed E-state index contributed by atoms with van der Waals surface area (Å²) in [6.45, 7) is 13.1. The minimum Gasteiger partial charge on any atom is -0.489 e. The Morgan fingerprint density at radius 2 is 1.90 bits per heavy atom. The van der Waals surface area contributed by atoms with Crippen LogP contribution in [0.2, 0.25) is 0 Å². The fourth-order valence-electron chi connectivity index (χ4n) is 2.97. The van der Waals surface area contributed by atoms with E-state index in [1.165, 1.54) is 5.69 Å². The predicted octanol–water partition coefficient (Wildman–Crippen LogP) is 2.73. The van der Waals surface area contributed by atoms with Gasteiger partial charge in [0.15, 0.2) is 0 Å². The molecule has 1 aromatic carbocycles. The van der Waals surface area contributed by atoms with E-state index in [2.05, 4.69) is 45.7 Å². The molecule has 1 aliphatic rings. The summed E-state index contributed by atoms with van der Waals surface area (Å²) >= 11 is 0. The minimum absolute atomic E-state index is 0.622. The molecule has 0 atom stereocenters. The Kier molecular flexibility index (Phi) is 4.67. The molecule has 0 aliphatic carbocycles. The summed E-state index contributed by atoms with van der Waals surface area (Å²) in [4.78, 5) is 2.43. The van der Waals surface area contributed by atoms with Crippen molar-refractivity contribution in [2.45, 2.75) is 39.8 Å². The molecule has 2 rings (SSSR count). The summed E-state index contributed by atoms with van der Waals surface area (Å²) in [5, 5.41) is 0. The number of hydrogen-bond donors (Lipinski definition) is 1. The average Bonchev–Trinajstić information content (AvgIpc) is 2.43. The highest BCUT2D eigenvalue weighted by Gasteiger charge is 2.30. The van der Waals surface area contributed by atoms with Gasteiger partial charge in [0.2, 0.25) is 0 Å². The fourth-order valence-corrected chi connectivity index (χ4v) is 2.97. The van der Waals surface area contributed by atoms with E-state index in [-0.39, 0.29) is 0 Å². The van der Waals surface area contributed by atoms with Crippen molar-refractivity contribution in [3.8, 4) is 5.75 Å². The van der Waals surface area contributed by atoms with Crippen LogP contribution in [0, 0.1) is 0 Å². The van der Waals surface area contributed by atoms with Gasteiger partial charge >= 0.3 is 0 Å². The smallest absolute Gasteiger partial charge is 0.144 e. The topological polar surface area (TPSA) is 38.5 Å². The average molecular weight is 292 g/mol. The molecule has 118 valence electrons. The van der Waals surface area contributed by atoms with E-state index in [0.29, 0.717) is 12.1 Å². The standard InChI is InChI=1S/C17H30N3O/c1-13(2)20(5,14(3)4)10-8-19-9-11-21-17-12-15(18)6-7-16(17)19/h6-7,12-14H,8-11,18H2,1-5H3/q+1. The third kappa shape index (κ3) is 3.26. The van der Waals surface area contributed by atoms with E-state index in [0.717, 1.165) is 42.2 Å². The number of nitrogen functional groups attached to an aromatic ring is 1. The third-order valence-corrected chi connectivity index (χ3v) is 5.15. The Hall–Kier alpha value is -1.42. The van der Waals surface area contributed by atoms with Crippen molar-refractivity contribution in [2.24, 2.45) is 0 Å². The maximum Gasteiger partial charge on any atom is 0.144 e. The van der Waals surface area contributed by atoms with Crippen molar-refractivity contribution in [1.82, 2.24) is 0 Å². The van der Waals surface area contributed by atoms with Gasteiger partial charge in [-0.15, -0.1) is 0 Å². The molecule has 1 heterocycles. The Balaban J connectivity index is 2.12. The summed E-state index contributed by atoms with van der Waals surface area (Å²) in [7, 11) is 2.36. The molecule has 0 unspecified atom stereocenters. The van der Waals surface area contributed by atoms with Crippen LogP contribution >= 0.6 is 0 Å². The highest BCUT2D eigenvalue weighted by molar-refractivity contribution is 5.65. The zero-order chi connectivity index (χ0) is 15.6. The van der Waals surface area contributed by atoms with E-state index >= 15 is 0 Å². The number of rotatable bonds is 5. The molecule has 0 saturated heterocycles. The van der Waals surface area contributed by atoms with Crippen molar-refractivity contribution in [1.29, 1.82) is 0 Å². The number of ether oxygens (including phenoxy) is 1. The lowest BCUT2D eigenvalue weighted by atomic mass is 10.1. The molecule has 1 aliphatic heterocycles. The van der Waals surface area contributed by atoms with Gasteiger partial charge in [-0.25, -0.2) is 0 Å². The highest BCUT2D eigenvalue weighted by Crippen LogP contribution is 2.33. The van der Waals surface area contributed by atoms with E-state index in [9.17, 15) is 0 Å². The van der Waals surface area contributed by atoms with Gasteiger partial charge in [0.1, 0.15) is 12.4 Å². The number of quaternary nitrogens is 1. The molecule has 0 spiro atoms. The quantitative estimate of drug-likeness (QED) is 0.670. The Morgan fingerprint density at radius 1 is 1.24 bits per heavy atom. The van der Waals surface area contributed by atoms with Gasteiger partial charge < -0.3 is 19.9 Å². The number of nitrogens with two attached hydrogens (primary N) is 1. The summed E-state index contributed by atoms with van der Waals surface area (Å²) in [5.74, 6) is 0.921. The number of benzene rings is 1. The minimum atomic E-state index is 0.622. The van der Waals surface area contributed by atoms with Gasteiger partial charge in [0.05, 0.1) is 44.5 Å². The van der Waals surface area contributed by atoms with Crippen LogP contribution < -0.4 is 15.4 Å². The summed E-state index contributed by atoms with van der Waals surface area (Å²) < 4.78 is 6.82. The lowest BCUT2D eigenvalue weighted by Gasteiger charge is -2.44. The van der Waals surface area contributed by atoms with Crippen LogP contribution in [0.5, 0.6) is 5.75 Å². The normalized spacial score (nSPS) is 15.3. The van der Waals surface area contributed by atoms with E-state index in [1.54, 1.807) is 0 Å². The van der Waals surface area contributed by atoms with E-state index in [1.807, 2.05) is 12.1 Å². The van der Waals surface area contributed by atoms with E-state index in [4.69, 9.17) is 10.5 Å². The molecule has 0 amide bonds. The largest absolute Gasteiger partial charge is 0.489 e. The Morgan fingerprint density at radius 3 is 2.52 bits per heavy atom. The van der Waals surface area contributed by atoms with Crippen LogP contribution in [0.3, 0.4) is 0 Å². The molecule has 0 bridgehead atoms. The lowest BCUT2D eigenvalue weighted by Crippen LogP contribution is -2.57. The highest BCUT2D eigenvalue weighted by atomic mass is 16.5. The second kappa shape index (κ2) is 6.14. The maximum atomic E-state index is 5.85. The first-order chi connectivity index (χ1) is 9.84. The fraction of sp³-hybridized carbons (Fsp3) is 0.647. The molecule has 0 fully saturated rings. The second-order valence-corrected chi connectivity index (χ2v) is 6.82. The number of nitrogens with zero attached hydrogens (tertiary/aromatic N) is 2. The van der Waals surface area contributed by atoms with Gasteiger partial charge in [0.25, 0.3) is 0 Å². The van der Waals surface area contributed by atoms with Crippen LogP contribution in [-0.4, -0.2) is 49.9 Å². The first kappa shape index (κ1) is 16.0. The number of fused-ring (bicyclic) bond motifs is 1. The maximum absolute atomic E-state index is 5.85. The van der Waals surface area contributed by atoms with Gasteiger partial charge in [-0.1, -0.05) is 0 Å². The van der Waals surface area contributed by atoms with Crippen LogP contribution in [0.15, 0.2) is 18.2 Å². The SMILES string of the molecule is CC(C)[N+](C)(CCN1CCOc2cc(N)ccc21)C(C)C. The first-order valence-corrected chi connectivity index (χ1v) is 7.96. The van der Waals surface area contributed by atoms with Gasteiger partial charge in [0, 0.05) is 11.8 Å². The monoisotopic (exact) mass is 292 g/mol. The predicted molar refractivity (Wildman–Crippen MR) is 89.9 cm³/mol. The lowest BCUT2D eigenvalue weighted by molar-refractivity contribution is -0.947. The van der Waals surface area contributed by atoms with Crippen molar-refractivity contribution in [3.63, 3.8) is 0 Å². The van der Waals surface area contributed by atoms with Gasteiger partial charge in [-0.3, -0.25) is 0 Å². The summed E-state index contributed by atoms with van der Waals surface area (Å²) in [5.41, 5.74) is 7.79. The molecule has 4 nitrogen and oxygen atoms in total. The number of hydrogen-bond acceptors (Lipinski definition) is 3. The zero-order valence-electron chi connectivity index (χ0n) is 14.1. The van der Waals surface area contributed by atoms with E-state index < -0.39 is 0 Å². The zero-order valence-corrected chi connectivity index (χ0v) is 14.1. The van der Waals surface area contributed by atoms with Crippen LogP contribution in [-0.2, 0) is 0 Å². The number of anilines is 2. The molecule has 0 saturated carbocycles. The summed E-state index contributed by atoms with van der Waals surface area (Å²) in [6.07, 6.45) is 0. The molecular weight excluding hydrogens is 262 g/mol. The first-order valence-electron chi connectivity index (χ1n) is 7.96. The molecule has 0 radical (unpaired) electrons. The second-order valence-electron chi connectivity index (χ2n) is 6.82. The van der Waals surface area contributed by atoms with Crippen LogP contribution in [0.4, 0.5) is 11.4 Å².